The van der Waals surface area contributed by atoms with Crippen LogP contribution in [0.5, 0.6) is 0 Å². The van der Waals surface area contributed by atoms with Crippen LogP contribution in [0.4, 0.5) is 0 Å². The summed E-state index contributed by atoms with van der Waals surface area (Å²) in [5.74, 6) is 0. The molecule has 0 rings (SSSR count). The minimum Gasteiger partial charge on any atom is -0.780 e. The maximum Gasteiger partial charge on any atom is 1.00 e. The Balaban J connectivity index is -0.0000000800. The number of hydrogen-bond acceptors (Lipinski definition) is 4. The zero-order chi connectivity index (χ0) is 4.50. The fourth-order valence-electron chi connectivity index (χ4n) is 0. The third-order valence-corrected chi connectivity index (χ3v) is 0. The third-order valence-electron chi connectivity index (χ3n) is 0. The van der Waals surface area contributed by atoms with Gasteiger partial charge >= 0.3 is 27.3 Å². The van der Waals surface area contributed by atoms with Crippen molar-refractivity contribution >= 4 is 47.5 Å². The Morgan fingerprint density at radius 3 is 1.43 bits per heavy atom. The molecule has 0 aliphatic carbocycles. The zero-order valence-corrected chi connectivity index (χ0v) is 9.06. The van der Waals surface area contributed by atoms with Gasteiger partial charge in [-0.25, -0.2) is 0 Å². The fraction of sp³-hybridized carbons (Fsp3) is 0. The fourth-order valence-corrected chi connectivity index (χ4v) is 0. The molecule has 0 saturated carbocycles. The van der Waals surface area contributed by atoms with Gasteiger partial charge in [0.2, 0.25) is 0 Å². The van der Waals surface area contributed by atoms with Gasteiger partial charge in [0.15, 0.2) is 0 Å². The summed E-state index contributed by atoms with van der Waals surface area (Å²) in [6, 6.07) is 0. The van der Waals surface area contributed by atoms with Crippen molar-refractivity contribution in [1.82, 2.24) is 6.15 Å². The zero-order valence-electron chi connectivity index (χ0n) is 3.54. The van der Waals surface area contributed by atoms with E-state index in [0.717, 1.165) is 0 Å². The first-order chi connectivity index (χ1) is 2.00. The van der Waals surface area contributed by atoms with Crippen LogP contribution in [0.25, 0.3) is 0 Å². The monoisotopic (exact) mass is 338 g/mol. The van der Waals surface area contributed by atoms with Gasteiger partial charge in [-0.05, 0) is 11.2 Å². The smallest absolute Gasteiger partial charge is 0.780 e. The largest absolute Gasteiger partial charge is 1.00 e. The Morgan fingerprint density at radius 2 is 1.43 bits per heavy atom. The second kappa shape index (κ2) is 5.31. The summed E-state index contributed by atoms with van der Waals surface area (Å²) in [6.45, 7) is 0. The molecule has 0 aliphatic rings. The predicted octanol–water partition coefficient (Wildman–Crippen LogP) is -1.01. The number of quaternary nitrogens is 1. The molecule has 0 fully saturated rings. The molecule has 0 heterocycles. The molecule has 43 valence electrons. The summed E-state index contributed by atoms with van der Waals surface area (Å²) in [5.41, 5.74) is 0. The third kappa shape index (κ3) is 140. The van der Waals surface area contributed by atoms with Crippen molar-refractivity contribution < 1.29 is 13.3 Å². The van der Waals surface area contributed by atoms with E-state index < -0.39 is 9.05 Å². The van der Waals surface area contributed by atoms with Crippen LogP contribution in [0.3, 0.4) is 0 Å². The molecule has 0 aromatic carbocycles. The summed E-state index contributed by atoms with van der Waals surface area (Å²) in [4.78, 5) is 0. The average Bonchev–Trinajstić information content (AvgIpc) is 0.722. The minimum atomic E-state index is -4.33. The van der Waals surface area contributed by atoms with Gasteiger partial charge in [-0.15, -0.1) is 9.05 Å². The Hall–Kier alpha value is 1.17. The molecule has 0 aromatic heterocycles. The van der Waals surface area contributed by atoms with Crippen LogP contribution in [0.1, 0.15) is 0 Å². The molecule has 4 N–H and O–H groups in total. The van der Waals surface area contributed by atoms with Crippen molar-refractivity contribution in [2.45, 2.75) is 0 Å². The van der Waals surface area contributed by atoms with Crippen molar-refractivity contribution in [2.75, 3.05) is 0 Å². The summed E-state index contributed by atoms with van der Waals surface area (Å²) in [5, 5.41) is 0. The van der Waals surface area contributed by atoms with Crippen molar-refractivity contribution in [3.63, 3.8) is 0 Å². The van der Waals surface area contributed by atoms with Crippen LogP contribution in [0.2, 0.25) is 0 Å². The molecule has 0 amide bonds. The number of hydrogen-bond donors (Lipinski definition) is 1. The van der Waals surface area contributed by atoms with Crippen LogP contribution in [0.15, 0.2) is 0 Å². The van der Waals surface area contributed by atoms with E-state index >= 15 is 0 Å². The van der Waals surface area contributed by atoms with E-state index in [1.165, 1.54) is 0 Å². The van der Waals surface area contributed by atoms with Crippen molar-refractivity contribution in [1.29, 1.82) is 0 Å². The van der Waals surface area contributed by atoms with Gasteiger partial charge in [-0.1, -0.05) is 0 Å². The average molecular weight is 337 g/mol. The molecule has 0 atom stereocenters. The van der Waals surface area contributed by atoms with Crippen LogP contribution in [-0.4, -0.2) is 40.6 Å². The van der Waals surface area contributed by atoms with Crippen LogP contribution in [0, 0.1) is 0 Å². The molecule has 7 heteroatoms. The van der Waals surface area contributed by atoms with Crippen LogP contribution >= 0.6 is 0 Å². The van der Waals surface area contributed by atoms with E-state index in [2.05, 4.69) is 11.2 Å². The molecular formula is H4NO3PbS2. The summed E-state index contributed by atoms with van der Waals surface area (Å²) < 4.78 is 26.7. The predicted molar refractivity (Wildman–Crippen MR) is 28.8 cm³/mol. The quantitative estimate of drug-likeness (QED) is 0.572. The van der Waals surface area contributed by atoms with E-state index in [-0.39, 0.29) is 33.4 Å². The van der Waals surface area contributed by atoms with Crippen molar-refractivity contribution in [3.05, 3.63) is 0 Å². The molecule has 0 saturated heterocycles. The van der Waals surface area contributed by atoms with Gasteiger partial charge in [0, 0.05) is 0 Å². The summed E-state index contributed by atoms with van der Waals surface area (Å²) in [6.07, 6.45) is 0. The molecule has 0 spiro atoms. The van der Waals surface area contributed by atoms with Crippen LogP contribution < -0.4 is 6.15 Å². The first-order valence-electron chi connectivity index (χ1n) is 0.667. The van der Waals surface area contributed by atoms with Gasteiger partial charge in [-0.3, -0.25) is 4.21 Å². The second-order valence-corrected chi connectivity index (χ2v) is 2.45. The van der Waals surface area contributed by atoms with E-state index in [1.807, 2.05) is 0 Å². The topological polar surface area (TPSA) is 99.7 Å². The molecule has 0 unspecified atom stereocenters. The van der Waals surface area contributed by atoms with Gasteiger partial charge in [-0.2, -0.15) is 0 Å². The summed E-state index contributed by atoms with van der Waals surface area (Å²) in [7, 11) is -4.33. The Labute approximate surface area is 66.8 Å². The first kappa shape index (κ1) is 15.7. The van der Waals surface area contributed by atoms with Gasteiger partial charge in [0.25, 0.3) is 0 Å². The molecule has 0 aromatic rings. The number of rotatable bonds is 0. The molecule has 4 nitrogen and oxygen atoms in total. The molecule has 0 bridgehead atoms. The SMILES string of the molecule is O=S([O-])([O-])=S.[NH4+].[Pb+]. The van der Waals surface area contributed by atoms with Gasteiger partial charge in [0.1, 0.15) is 0 Å². The Morgan fingerprint density at radius 1 is 1.43 bits per heavy atom. The van der Waals surface area contributed by atoms with Gasteiger partial charge in [0.05, 0.1) is 0 Å². The van der Waals surface area contributed by atoms with Crippen molar-refractivity contribution in [2.24, 2.45) is 0 Å². The molecule has 7 heavy (non-hydrogen) atoms. The standard InChI is InChI=1S/H3N.H2O3S2.Pb/c;1-5(2,3)4;/h1H3;(H2,1,2,3,4);/q;;+1/p-1. The Kier molecular flexibility index (Phi) is 11.9. The minimum absolute atomic E-state index is 0. The molecular weight excluding hydrogens is 333 g/mol. The van der Waals surface area contributed by atoms with E-state index in [9.17, 15) is 0 Å². The molecule has 3 radical (unpaired) electrons. The first-order valence-corrected chi connectivity index (χ1v) is 3.00. The molecule has 0 aliphatic heterocycles. The van der Waals surface area contributed by atoms with E-state index in [1.54, 1.807) is 0 Å². The second-order valence-electron chi connectivity index (χ2n) is 0.408. The van der Waals surface area contributed by atoms with Crippen molar-refractivity contribution in [3.8, 4) is 0 Å². The Bertz CT molecular complexity index is 96.1. The van der Waals surface area contributed by atoms with E-state index in [0.29, 0.717) is 0 Å². The maximum atomic E-state index is 8.89. The van der Waals surface area contributed by atoms with Crippen LogP contribution in [-0.2, 0) is 20.2 Å². The normalized spacial score (nSPS) is 8.29. The van der Waals surface area contributed by atoms with E-state index in [4.69, 9.17) is 13.3 Å². The van der Waals surface area contributed by atoms with Gasteiger partial charge < -0.3 is 15.3 Å². The maximum absolute atomic E-state index is 8.89. The summed E-state index contributed by atoms with van der Waals surface area (Å²) >= 11 is 3.24.